The lowest BCUT2D eigenvalue weighted by atomic mass is 10.2. The fourth-order valence-corrected chi connectivity index (χ4v) is 3.05. The number of hydrogen-bond acceptors (Lipinski definition) is 4. The van der Waals surface area contributed by atoms with E-state index in [1.54, 1.807) is 12.1 Å². The molecule has 0 amide bonds. The molecule has 110 valence electrons. The van der Waals surface area contributed by atoms with E-state index < -0.39 is 10.0 Å². The van der Waals surface area contributed by atoms with E-state index in [1.165, 1.54) is 18.3 Å². The number of thiocarbonyl (C=S) groups is 1. The van der Waals surface area contributed by atoms with Crippen molar-refractivity contribution in [3.8, 4) is 0 Å². The summed E-state index contributed by atoms with van der Waals surface area (Å²) >= 11 is 8.14. The van der Waals surface area contributed by atoms with E-state index in [1.807, 2.05) is 13.0 Å². The molecule has 0 spiro atoms. The predicted molar refractivity (Wildman–Crippen MR) is 89.8 cm³/mol. The summed E-state index contributed by atoms with van der Waals surface area (Å²) in [6.45, 7) is 1.92. The Hall–Kier alpha value is -1.51. The van der Waals surface area contributed by atoms with Gasteiger partial charge in [-0.15, -0.1) is 0 Å². The Bertz CT molecular complexity index is 790. The largest absolute Gasteiger partial charge is 0.388 e. The van der Waals surface area contributed by atoms with Crippen molar-refractivity contribution in [2.45, 2.75) is 11.8 Å². The average molecular weight is 386 g/mol. The molecule has 0 unspecified atom stereocenters. The smallest absolute Gasteiger partial charge is 0.263 e. The van der Waals surface area contributed by atoms with Crippen LogP contribution in [-0.4, -0.2) is 18.4 Å². The second-order valence-corrected chi connectivity index (χ2v) is 7.29. The third kappa shape index (κ3) is 3.78. The number of anilines is 1. The molecule has 1 aromatic heterocycles. The van der Waals surface area contributed by atoms with Gasteiger partial charge in [0.2, 0.25) is 0 Å². The second-order valence-electron chi connectivity index (χ2n) is 4.31. The van der Waals surface area contributed by atoms with Gasteiger partial charge in [-0.2, -0.15) is 0 Å². The van der Waals surface area contributed by atoms with E-state index in [-0.39, 0.29) is 9.88 Å². The molecule has 3 N–H and O–H groups in total. The maximum atomic E-state index is 12.2. The van der Waals surface area contributed by atoms with E-state index in [0.717, 1.165) is 10.0 Å². The number of nitrogens with one attached hydrogen (secondary N) is 1. The molecule has 1 aromatic carbocycles. The summed E-state index contributed by atoms with van der Waals surface area (Å²) in [7, 11) is -3.70. The molecule has 0 radical (unpaired) electrons. The molecule has 0 fully saturated rings. The maximum Gasteiger partial charge on any atom is 0.263 e. The van der Waals surface area contributed by atoms with Crippen molar-refractivity contribution in [3.05, 3.63) is 52.3 Å². The van der Waals surface area contributed by atoms with Crippen LogP contribution in [0.4, 0.5) is 5.69 Å². The summed E-state index contributed by atoms with van der Waals surface area (Å²) in [6.07, 6.45) is 1.22. The first kappa shape index (κ1) is 15.9. The number of benzene rings is 1. The fraction of sp³-hybridized carbons (Fsp3) is 0.0769. The first-order chi connectivity index (χ1) is 9.79. The molecular formula is C13H12BrN3O2S2. The SMILES string of the molecule is Cc1ccc(NS(=O)(=O)c2ccc(C(N)=S)nc2)cc1Br. The van der Waals surface area contributed by atoms with Gasteiger partial charge in [0.1, 0.15) is 9.88 Å². The summed E-state index contributed by atoms with van der Waals surface area (Å²) in [4.78, 5) is 4.08. The van der Waals surface area contributed by atoms with Crippen LogP contribution in [0.25, 0.3) is 0 Å². The van der Waals surface area contributed by atoms with Crippen LogP contribution in [0.15, 0.2) is 45.9 Å². The molecule has 2 aromatic rings. The van der Waals surface area contributed by atoms with Crippen LogP contribution < -0.4 is 10.5 Å². The van der Waals surface area contributed by atoms with E-state index in [9.17, 15) is 8.42 Å². The monoisotopic (exact) mass is 385 g/mol. The van der Waals surface area contributed by atoms with Gasteiger partial charge in [0, 0.05) is 16.4 Å². The number of rotatable bonds is 4. The summed E-state index contributed by atoms with van der Waals surface area (Å²) in [6, 6.07) is 8.09. The number of halogens is 1. The highest BCUT2D eigenvalue weighted by molar-refractivity contribution is 9.10. The number of hydrogen-bond donors (Lipinski definition) is 2. The van der Waals surface area contributed by atoms with E-state index in [0.29, 0.717) is 11.4 Å². The van der Waals surface area contributed by atoms with Gasteiger partial charge in [0.25, 0.3) is 10.0 Å². The lowest BCUT2D eigenvalue weighted by Gasteiger charge is -2.09. The number of nitrogens with zero attached hydrogens (tertiary/aromatic N) is 1. The standard InChI is InChI=1S/C13H12BrN3O2S2/c1-8-2-3-9(6-11(8)14)17-21(18,19)10-4-5-12(13(15)20)16-7-10/h2-7,17H,1H3,(H2,15,20). The molecule has 21 heavy (non-hydrogen) atoms. The summed E-state index contributed by atoms with van der Waals surface area (Å²) in [5, 5.41) is 0. The molecule has 0 aliphatic heterocycles. The molecule has 0 bridgehead atoms. The number of pyridine rings is 1. The van der Waals surface area contributed by atoms with Crippen molar-refractivity contribution < 1.29 is 8.42 Å². The molecule has 0 atom stereocenters. The molecular weight excluding hydrogens is 374 g/mol. The summed E-state index contributed by atoms with van der Waals surface area (Å²) in [5.41, 5.74) is 7.28. The van der Waals surface area contributed by atoms with E-state index in [4.69, 9.17) is 18.0 Å². The highest BCUT2D eigenvalue weighted by Crippen LogP contribution is 2.22. The Labute approximate surface area is 136 Å². The van der Waals surface area contributed by atoms with Crippen LogP contribution in [0.3, 0.4) is 0 Å². The van der Waals surface area contributed by atoms with Crippen molar-refractivity contribution in [2.75, 3.05) is 4.72 Å². The van der Waals surface area contributed by atoms with Crippen molar-refractivity contribution in [2.24, 2.45) is 5.73 Å². The molecule has 0 aliphatic rings. The molecule has 8 heteroatoms. The third-order valence-corrected chi connectivity index (χ3v) is 5.15. The Kier molecular flexibility index (Phi) is 4.60. The van der Waals surface area contributed by atoms with Crippen molar-refractivity contribution in [1.29, 1.82) is 0 Å². The third-order valence-electron chi connectivity index (χ3n) is 2.72. The Morgan fingerprint density at radius 3 is 2.57 bits per heavy atom. The summed E-state index contributed by atoms with van der Waals surface area (Å²) in [5.74, 6) is 0. The van der Waals surface area contributed by atoms with Crippen LogP contribution in [0, 0.1) is 6.92 Å². The van der Waals surface area contributed by atoms with Crippen LogP contribution in [0.5, 0.6) is 0 Å². The molecule has 0 aliphatic carbocycles. The summed E-state index contributed by atoms with van der Waals surface area (Å²) < 4.78 is 27.8. The van der Waals surface area contributed by atoms with Gasteiger partial charge in [-0.1, -0.05) is 34.2 Å². The molecule has 1 heterocycles. The lowest BCUT2D eigenvalue weighted by molar-refractivity contribution is 0.601. The highest BCUT2D eigenvalue weighted by Gasteiger charge is 2.15. The second kappa shape index (κ2) is 6.08. The Morgan fingerprint density at radius 1 is 1.33 bits per heavy atom. The number of sulfonamides is 1. The van der Waals surface area contributed by atoms with Crippen molar-refractivity contribution in [1.82, 2.24) is 4.98 Å². The Balaban J connectivity index is 2.29. The first-order valence-corrected chi connectivity index (χ1v) is 8.53. The number of nitrogens with two attached hydrogens (primary N) is 1. The zero-order valence-electron chi connectivity index (χ0n) is 11.0. The normalized spacial score (nSPS) is 11.1. The van der Waals surface area contributed by atoms with Crippen LogP contribution in [0.2, 0.25) is 0 Å². The van der Waals surface area contributed by atoms with Crippen molar-refractivity contribution in [3.63, 3.8) is 0 Å². The minimum atomic E-state index is -3.70. The topological polar surface area (TPSA) is 85.1 Å². The van der Waals surface area contributed by atoms with Gasteiger partial charge in [-0.25, -0.2) is 8.42 Å². The van der Waals surface area contributed by atoms with Crippen LogP contribution in [0.1, 0.15) is 11.3 Å². The molecule has 2 rings (SSSR count). The van der Waals surface area contributed by atoms with Crippen molar-refractivity contribution >= 4 is 48.8 Å². The van der Waals surface area contributed by atoms with Gasteiger partial charge in [-0.05, 0) is 36.8 Å². The molecule has 5 nitrogen and oxygen atoms in total. The zero-order valence-corrected chi connectivity index (χ0v) is 14.2. The van der Waals surface area contributed by atoms with Gasteiger partial charge < -0.3 is 5.73 Å². The zero-order chi connectivity index (χ0) is 15.6. The quantitative estimate of drug-likeness (QED) is 0.789. The van der Waals surface area contributed by atoms with Gasteiger partial charge in [0.15, 0.2) is 0 Å². The van der Waals surface area contributed by atoms with E-state index >= 15 is 0 Å². The molecule has 0 saturated carbocycles. The fourth-order valence-electron chi connectivity index (χ4n) is 1.56. The average Bonchev–Trinajstić information content (AvgIpc) is 2.43. The highest BCUT2D eigenvalue weighted by atomic mass is 79.9. The predicted octanol–water partition coefficient (Wildman–Crippen LogP) is 2.59. The van der Waals surface area contributed by atoms with Gasteiger partial charge in [-0.3, -0.25) is 9.71 Å². The van der Waals surface area contributed by atoms with Crippen LogP contribution in [-0.2, 0) is 10.0 Å². The first-order valence-electron chi connectivity index (χ1n) is 5.84. The Morgan fingerprint density at radius 2 is 2.05 bits per heavy atom. The number of aryl methyl sites for hydroxylation is 1. The number of aromatic nitrogens is 1. The van der Waals surface area contributed by atoms with E-state index in [2.05, 4.69) is 25.6 Å². The minimum Gasteiger partial charge on any atom is -0.388 e. The molecule has 0 saturated heterocycles. The maximum absolute atomic E-state index is 12.2. The van der Waals surface area contributed by atoms with Gasteiger partial charge in [0.05, 0.1) is 5.69 Å². The van der Waals surface area contributed by atoms with Crippen LogP contribution >= 0.6 is 28.1 Å². The lowest BCUT2D eigenvalue weighted by Crippen LogP contribution is -2.15. The minimum absolute atomic E-state index is 0.0409. The van der Waals surface area contributed by atoms with Gasteiger partial charge >= 0.3 is 0 Å².